The number of Topliss-reactive ketones (excluding diaryl/α,β-unsaturated/α-hetero) is 1. The molecule has 0 radical (unpaired) electrons. The summed E-state index contributed by atoms with van der Waals surface area (Å²) < 4.78 is 18.0. The van der Waals surface area contributed by atoms with Crippen LogP contribution in [0.4, 0.5) is 4.39 Å². The van der Waals surface area contributed by atoms with Gasteiger partial charge in [-0.3, -0.25) is 4.79 Å². The number of esters is 1. The van der Waals surface area contributed by atoms with Crippen LogP contribution in [-0.4, -0.2) is 18.4 Å². The fourth-order valence-electron chi connectivity index (χ4n) is 2.80. The molecule has 24 heavy (non-hydrogen) atoms. The van der Waals surface area contributed by atoms with Crippen LogP contribution in [0.3, 0.4) is 0 Å². The van der Waals surface area contributed by atoms with E-state index in [2.05, 4.69) is 0 Å². The summed E-state index contributed by atoms with van der Waals surface area (Å²) in [5.74, 6) is -0.828. The maximum Gasteiger partial charge on any atom is 0.338 e. The molecule has 122 valence electrons. The molecule has 0 unspecified atom stereocenters. The van der Waals surface area contributed by atoms with Crippen molar-refractivity contribution in [3.8, 4) is 0 Å². The first-order valence-corrected chi connectivity index (χ1v) is 7.89. The lowest BCUT2D eigenvalue weighted by Crippen LogP contribution is -2.16. The average molecular weight is 324 g/mol. The van der Waals surface area contributed by atoms with E-state index >= 15 is 0 Å². The van der Waals surface area contributed by atoms with Gasteiger partial charge < -0.3 is 4.74 Å². The van der Waals surface area contributed by atoms with Crippen LogP contribution in [0.5, 0.6) is 0 Å². The Labute approximate surface area is 139 Å². The first-order chi connectivity index (χ1) is 11.6. The molecule has 0 bridgehead atoms. The normalized spacial score (nSPS) is 15.2. The average Bonchev–Trinajstić information content (AvgIpc) is 2.59. The number of ketones is 1. The van der Waals surface area contributed by atoms with E-state index in [9.17, 15) is 14.0 Å². The molecule has 0 fully saturated rings. The molecule has 0 spiro atoms. The van der Waals surface area contributed by atoms with Crippen molar-refractivity contribution in [2.75, 3.05) is 6.61 Å². The Morgan fingerprint density at radius 3 is 2.62 bits per heavy atom. The van der Waals surface area contributed by atoms with E-state index in [1.165, 1.54) is 12.1 Å². The summed E-state index contributed by atoms with van der Waals surface area (Å²) in [6.45, 7) is 2.03. The molecule has 1 aliphatic rings. The number of hydrogen-bond acceptors (Lipinski definition) is 3. The topological polar surface area (TPSA) is 43.4 Å². The zero-order valence-corrected chi connectivity index (χ0v) is 13.3. The molecule has 4 heteroatoms. The highest BCUT2D eigenvalue weighted by Crippen LogP contribution is 2.27. The fourth-order valence-corrected chi connectivity index (χ4v) is 2.80. The van der Waals surface area contributed by atoms with E-state index in [0.29, 0.717) is 29.7 Å². The van der Waals surface area contributed by atoms with Gasteiger partial charge in [0, 0.05) is 11.1 Å². The summed E-state index contributed by atoms with van der Waals surface area (Å²) >= 11 is 0. The predicted molar refractivity (Wildman–Crippen MR) is 89.4 cm³/mol. The molecule has 0 saturated heterocycles. The molecule has 0 heterocycles. The van der Waals surface area contributed by atoms with Crippen LogP contribution in [-0.2, 0) is 11.2 Å². The lowest BCUT2D eigenvalue weighted by Gasteiger charge is -2.18. The Bertz CT molecular complexity index is 819. The van der Waals surface area contributed by atoms with E-state index in [-0.39, 0.29) is 11.6 Å². The van der Waals surface area contributed by atoms with Crippen LogP contribution in [0.2, 0.25) is 0 Å². The second kappa shape index (κ2) is 6.79. The van der Waals surface area contributed by atoms with Crippen molar-refractivity contribution >= 4 is 17.8 Å². The van der Waals surface area contributed by atoms with Gasteiger partial charge in [-0.2, -0.15) is 0 Å². The largest absolute Gasteiger partial charge is 0.462 e. The first kappa shape index (κ1) is 16.1. The van der Waals surface area contributed by atoms with Gasteiger partial charge in [-0.15, -0.1) is 0 Å². The number of halogens is 1. The minimum absolute atomic E-state index is 0.0910. The van der Waals surface area contributed by atoms with E-state index in [1.54, 1.807) is 37.3 Å². The number of benzene rings is 2. The maximum atomic E-state index is 13.0. The second-order valence-corrected chi connectivity index (χ2v) is 5.64. The van der Waals surface area contributed by atoms with Crippen LogP contribution in [0.1, 0.15) is 45.2 Å². The van der Waals surface area contributed by atoms with Crippen molar-refractivity contribution in [2.45, 2.75) is 19.8 Å². The van der Waals surface area contributed by atoms with Crippen molar-refractivity contribution in [3.05, 3.63) is 76.1 Å². The zero-order chi connectivity index (χ0) is 17.1. The Morgan fingerprint density at radius 2 is 1.92 bits per heavy atom. The molecule has 0 aliphatic heterocycles. The van der Waals surface area contributed by atoms with Gasteiger partial charge in [0.25, 0.3) is 0 Å². The molecule has 0 atom stereocenters. The summed E-state index contributed by atoms with van der Waals surface area (Å²) in [6.07, 6.45) is 3.14. The number of ether oxygens (including phenoxy) is 1. The van der Waals surface area contributed by atoms with Gasteiger partial charge in [0.2, 0.25) is 0 Å². The Morgan fingerprint density at radius 1 is 1.17 bits per heavy atom. The number of fused-ring (bicyclic) bond motifs is 1. The molecule has 1 aliphatic carbocycles. The molecular formula is C20H17FO3. The van der Waals surface area contributed by atoms with Crippen LogP contribution in [0.25, 0.3) is 6.08 Å². The standard InChI is InChI=1S/C20H17FO3/c1-2-24-20(23)16-8-6-14-5-7-15(19(22)18(14)12-16)11-13-3-9-17(21)10-4-13/h3-4,6,8-12H,2,5,7H2,1H3/b15-11+. The summed E-state index contributed by atoms with van der Waals surface area (Å²) in [5.41, 5.74) is 3.30. The highest BCUT2D eigenvalue weighted by molar-refractivity contribution is 6.14. The summed E-state index contributed by atoms with van der Waals surface area (Å²) in [7, 11) is 0. The quantitative estimate of drug-likeness (QED) is 0.627. The number of rotatable bonds is 3. The maximum absolute atomic E-state index is 13.0. The van der Waals surface area contributed by atoms with Crippen molar-refractivity contribution in [2.24, 2.45) is 0 Å². The zero-order valence-electron chi connectivity index (χ0n) is 13.3. The van der Waals surface area contributed by atoms with E-state index in [4.69, 9.17) is 4.74 Å². The van der Waals surface area contributed by atoms with Crippen molar-refractivity contribution < 1.29 is 18.7 Å². The summed E-state index contributed by atoms with van der Waals surface area (Å²) in [4.78, 5) is 24.6. The molecule has 3 nitrogen and oxygen atoms in total. The van der Waals surface area contributed by atoms with E-state index in [1.807, 2.05) is 6.07 Å². The van der Waals surface area contributed by atoms with E-state index < -0.39 is 5.97 Å². The third-order valence-corrected chi connectivity index (χ3v) is 4.03. The van der Waals surface area contributed by atoms with Gasteiger partial charge in [0.15, 0.2) is 5.78 Å². The number of allylic oxidation sites excluding steroid dienone is 1. The number of carbonyl (C=O) groups is 2. The smallest absolute Gasteiger partial charge is 0.338 e. The Balaban J connectivity index is 1.92. The lowest BCUT2D eigenvalue weighted by molar-refractivity contribution is 0.0526. The third kappa shape index (κ3) is 3.27. The van der Waals surface area contributed by atoms with Gasteiger partial charge in [-0.05, 0) is 61.2 Å². The van der Waals surface area contributed by atoms with Crippen LogP contribution in [0, 0.1) is 5.82 Å². The third-order valence-electron chi connectivity index (χ3n) is 4.03. The van der Waals surface area contributed by atoms with Gasteiger partial charge in [-0.25, -0.2) is 9.18 Å². The van der Waals surface area contributed by atoms with Gasteiger partial charge in [-0.1, -0.05) is 18.2 Å². The van der Waals surface area contributed by atoms with Crippen LogP contribution in [0.15, 0.2) is 48.0 Å². The highest BCUT2D eigenvalue weighted by Gasteiger charge is 2.23. The Kier molecular flexibility index (Phi) is 4.56. The number of carbonyl (C=O) groups excluding carboxylic acids is 2. The minimum Gasteiger partial charge on any atom is -0.462 e. The molecule has 0 amide bonds. The summed E-state index contributed by atoms with van der Waals surface area (Å²) in [6, 6.07) is 11.1. The number of hydrogen-bond donors (Lipinski definition) is 0. The second-order valence-electron chi connectivity index (χ2n) is 5.64. The monoisotopic (exact) mass is 324 g/mol. The minimum atomic E-state index is -0.428. The predicted octanol–water partition coefficient (Wildman–Crippen LogP) is 4.21. The van der Waals surface area contributed by atoms with Gasteiger partial charge >= 0.3 is 5.97 Å². The van der Waals surface area contributed by atoms with Crippen molar-refractivity contribution in [1.82, 2.24) is 0 Å². The molecule has 3 rings (SSSR count). The number of aryl methyl sites for hydroxylation is 1. The van der Waals surface area contributed by atoms with E-state index in [0.717, 1.165) is 17.5 Å². The molecular weight excluding hydrogens is 307 g/mol. The molecule has 0 N–H and O–H groups in total. The molecule has 2 aromatic carbocycles. The lowest BCUT2D eigenvalue weighted by atomic mass is 9.85. The first-order valence-electron chi connectivity index (χ1n) is 7.89. The van der Waals surface area contributed by atoms with Gasteiger partial charge in [0.1, 0.15) is 5.82 Å². The van der Waals surface area contributed by atoms with Crippen molar-refractivity contribution in [3.63, 3.8) is 0 Å². The SMILES string of the molecule is CCOC(=O)c1ccc2c(c1)C(=O)/C(=C/c1ccc(F)cc1)CC2. The molecule has 0 saturated carbocycles. The Hall–Kier alpha value is -2.75. The highest BCUT2D eigenvalue weighted by atomic mass is 19.1. The van der Waals surface area contributed by atoms with Crippen molar-refractivity contribution in [1.29, 1.82) is 0 Å². The van der Waals surface area contributed by atoms with Gasteiger partial charge in [0.05, 0.1) is 12.2 Å². The fraction of sp³-hybridized carbons (Fsp3) is 0.200. The molecule has 2 aromatic rings. The summed E-state index contributed by atoms with van der Waals surface area (Å²) in [5, 5.41) is 0. The van der Waals surface area contributed by atoms with Crippen LogP contribution >= 0.6 is 0 Å². The van der Waals surface area contributed by atoms with Crippen LogP contribution < -0.4 is 0 Å². The molecule has 0 aromatic heterocycles.